The van der Waals surface area contributed by atoms with Gasteiger partial charge in [-0.3, -0.25) is 4.79 Å². The summed E-state index contributed by atoms with van der Waals surface area (Å²) in [6, 6.07) is 4.64. The zero-order valence-corrected chi connectivity index (χ0v) is 18.8. The van der Waals surface area contributed by atoms with Crippen LogP contribution < -0.4 is 27.4 Å². The van der Waals surface area contributed by atoms with Gasteiger partial charge < -0.3 is 32.3 Å². The minimum Gasteiger partial charge on any atom is -0.369 e. The number of nitrogens with zero attached hydrogens (tertiary/aromatic N) is 3. The van der Waals surface area contributed by atoms with E-state index in [0.717, 1.165) is 63.7 Å². The fraction of sp³-hybridized carbons (Fsp3) is 0.522. The van der Waals surface area contributed by atoms with E-state index >= 15 is 0 Å². The van der Waals surface area contributed by atoms with Crippen LogP contribution in [0.1, 0.15) is 48.9 Å². The molecule has 4 rings (SSSR count). The number of aromatic nitrogens is 2. The number of anilines is 4. The van der Waals surface area contributed by atoms with Gasteiger partial charge in [-0.15, -0.1) is 0 Å². The van der Waals surface area contributed by atoms with Crippen molar-refractivity contribution >= 4 is 29.0 Å². The first-order chi connectivity index (χ1) is 16.0. The van der Waals surface area contributed by atoms with Crippen molar-refractivity contribution in [1.82, 2.24) is 14.9 Å². The van der Waals surface area contributed by atoms with Gasteiger partial charge in [-0.1, -0.05) is 12.8 Å². The highest BCUT2D eigenvalue weighted by molar-refractivity contribution is 5.98. The fourth-order valence-electron chi connectivity index (χ4n) is 4.44. The van der Waals surface area contributed by atoms with Crippen molar-refractivity contribution < 1.29 is 9.18 Å². The highest BCUT2D eigenvalue weighted by Gasteiger charge is 2.24. The maximum absolute atomic E-state index is 14.7. The van der Waals surface area contributed by atoms with Gasteiger partial charge in [0, 0.05) is 25.2 Å². The first-order valence-corrected chi connectivity index (χ1v) is 11.7. The molecule has 7 N–H and O–H groups in total. The van der Waals surface area contributed by atoms with E-state index < -0.39 is 11.7 Å². The van der Waals surface area contributed by atoms with E-state index in [4.69, 9.17) is 11.5 Å². The third-order valence-corrected chi connectivity index (χ3v) is 6.34. The number of likely N-dealkylation sites (tertiary alicyclic amines) is 1. The summed E-state index contributed by atoms with van der Waals surface area (Å²) in [4.78, 5) is 23.1. The predicted molar refractivity (Wildman–Crippen MR) is 128 cm³/mol. The summed E-state index contributed by atoms with van der Waals surface area (Å²) in [5, 5.41) is 9.48. The van der Waals surface area contributed by atoms with E-state index in [1.807, 2.05) is 12.1 Å². The van der Waals surface area contributed by atoms with Crippen molar-refractivity contribution in [2.75, 3.05) is 42.1 Å². The molecule has 0 aromatic carbocycles. The lowest BCUT2D eigenvalue weighted by atomic mass is 9.91. The van der Waals surface area contributed by atoms with E-state index in [2.05, 4.69) is 30.8 Å². The quantitative estimate of drug-likeness (QED) is 0.389. The first kappa shape index (κ1) is 23.2. The lowest BCUT2D eigenvalue weighted by molar-refractivity contribution is 0.100. The lowest BCUT2D eigenvalue weighted by Crippen LogP contribution is -2.43. The van der Waals surface area contributed by atoms with Crippen molar-refractivity contribution in [2.45, 2.75) is 50.6 Å². The third kappa shape index (κ3) is 6.08. The zero-order valence-electron chi connectivity index (χ0n) is 18.8. The molecule has 1 amide bonds. The Kier molecular flexibility index (Phi) is 7.56. The van der Waals surface area contributed by atoms with Crippen LogP contribution in [0.4, 0.5) is 27.5 Å². The summed E-state index contributed by atoms with van der Waals surface area (Å²) in [6.07, 6.45) is 8.01. The average molecular weight is 457 g/mol. The third-order valence-electron chi connectivity index (χ3n) is 6.34. The Labute approximate surface area is 193 Å². The number of nitrogens with one attached hydrogen (secondary N) is 3. The van der Waals surface area contributed by atoms with Crippen LogP contribution in [0.15, 0.2) is 24.4 Å². The molecule has 2 aliphatic rings. The van der Waals surface area contributed by atoms with Crippen LogP contribution in [0.5, 0.6) is 0 Å². The van der Waals surface area contributed by atoms with E-state index in [0.29, 0.717) is 5.69 Å². The molecule has 1 saturated heterocycles. The molecular weight excluding hydrogens is 423 g/mol. The highest BCUT2D eigenvalue weighted by Crippen LogP contribution is 2.26. The number of halogens is 1. The molecule has 10 heteroatoms. The molecule has 0 radical (unpaired) electrons. The second-order valence-electron chi connectivity index (χ2n) is 8.81. The number of carbonyl (C=O) groups excluding carboxylic acids is 1. The van der Waals surface area contributed by atoms with Gasteiger partial charge in [-0.05, 0) is 57.0 Å². The van der Waals surface area contributed by atoms with Crippen LogP contribution in [0.2, 0.25) is 0 Å². The SMILES string of the molecule is NC(=O)c1cc(F)c(NC2CCCCC2N)nc1Nc1ccc(NCCN2CCCC2)nc1. The maximum Gasteiger partial charge on any atom is 0.252 e. The Hall–Kier alpha value is -2.98. The Bertz CT molecular complexity index is 948. The number of pyridine rings is 2. The largest absolute Gasteiger partial charge is 0.369 e. The van der Waals surface area contributed by atoms with E-state index in [1.165, 1.54) is 12.8 Å². The number of primary amides is 1. The smallest absolute Gasteiger partial charge is 0.252 e. The summed E-state index contributed by atoms with van der Waals surface area (Å²) < 4.78 is 14.7. The Morgan fingerprint density at radius 2 is 1.94 bits per heavy atom. The van der Waals surface area contributed by atoms with Crippen molar-refractivity contribution in [3.63, 3.8) is 0 Å². The number of hydrogen-bond donors (Lipinski definition) is 5. The van der Waals surface area contributed by atoms with Crippen LogP contribution in [0, 0.1) is 5.82 Å². The summed E-state index contributed by atoms with van der Waals surface area (Å²) in [5.41, 5.74) is 12.2. The number of amides is 1. The monoisotopic (exact) mass is 456 g/mol. The molecule has 9 nitrogen and oxygen atoms in total. The van der Waals surface area contributed by atoms with Crippen molar-refractivity contribution in [2.24, 2.45) is 11.5 Å². The average Bonchev–Trinajstić information content (AvgIpc) is 3.32. The summed E-state index contributed by atoms with van der Waals surface area (Å²) in [5.74, 6) is -0.415. The Morgan fingerprint density at radius 3 is 2.64 bits per heavy atom. The molecular formula is C23H33FN8O. The molecule has 2 fully saturated rings. The van der Waals surface area contributed by atoms with Crippen molar-refractivity contribution in [3.8, 4) is 0 Å². The molecule has 2 aromatic rings. The Morgan fingerprint density at radius 1 is 1.15 bits per heavy atom. The van der Waals surface area contributed by atoms with E-state index in [-0.39, 0.29) is 29.3 Å². The first-order valence-electron chi connectivity index (χ1n) is 11.7. The minimum atomic E-state index is -0.766. The van der Waals surface area contributed by atoms with Gasteiger partial charge >= 0.3 is 0 Å². The summed E-state index contributed by atoms with van der Waals surface area (Å²) >= 11 is 0. The second kappa shape index (κ2) is 10.8. The molecule has 1 aliphatic heterocycles. The van der Waals surface area contributed by atoms with Crippen LogP contribution in [0.25, 0.3) is 0 Å². The van der Waals surface area contributed by atoms with Crippen LogP contribution in [0.3, 0.4) is 0 Å². The fourth-order valence-corrected chi connectivity index (χ4v) is 4.44. The van der Waals surface area contributed by atoms with Gasteiger partial charge in [-0.25, -0.2) is 14.4 Å². The second-order valence-corrected chi connectivity index (χ2v) is 8.81. The van der Waals surface area contributed by atoms with Gasteiger partial charge in [0.2, 0.25) is 0 Å². The van der Waals surface area contributed by atoms with Crippen LogP contribution >= 0.6 is 0 Å². The normalized spacial score (nSPS) is 21.0. The Balaban J connectivity index is 1.43. The molecule has 2 unspecified atom stereocenters. The lowest BCUT2D eigenvalue weighted by Gasteiger charge is -2.30. The number of carbonyl (C=O) groups is 1. The van der Waals surface area contributed by atoms with Gasteiger partial charge in [0.25, 0.3) is 5.91 Å². The van der Waals surface area contributed by atoms with Gasteiger partial charge in [0.1, 0.15) is 11.6 Å². The van der Waals surface area contributed by atoms with E-state index in [9.17, 15) is 9.18 Å². The summed E-state index contributed by atoms with van der Waals surface area (Å²) in [6.45, 7) is 4.13. The molecule has 1 aliphatic carbocycles. The number of hydrogen-bond acceptors (Lipinski definition) is 8. The van der Waals surface area contributed by atoms with Gasteiger partial charge in [0.15, 0.2) is 11.6 Å². The summed E-state index contributed by atoms with van der Waals surface area (Å²) in [7, 11) is 0. The van der Waals surface area contributed by atoms with E-state index in [1.54, 1.807) is 6.20 Å². The van der Waals surface area contributed by atoms with Crippen LogP contribution in [-0.2, 0) is 0 Å². The number of nitrogens with two attached hydrogens (primary N) is 2. The molecule has 178 valence electrons. The highest BCUT2D eigenvalue weighted by atomic mass is 19.1. The molecule has 2 aromatic heterocycles. The van der Waals surface area contributed by atoms with Crippen molar-refractivity contribution in [1.29, 1.82) is 0 Å². The molecule has 1 saturated carbocycles. The zero-order chi connectivity index (χ0) is 23.2. The molecule has 2 atom stereocenters. The topological polar surface area (TPSA) is 134 Å². The van der Waals surface area contributed by atoms with Crippen molar-refractivity contribution in [3.05, 3.63) is 35.8 Å². The number of rotatable bonds is 9. The molecule has 0 bridgehead atoms. The molecule has 0 spiro atoms. The van der Waals surface area contributed by atoms with Crippen LogP contribution in [-0.4, -0.2) is 59.0 Å². The predicted octanol–water partition coefficient (Wildman–Crippen LogP) is 2.65. The minimum absolute atomic E-state index is 0.0289. The maximum atomic E-state index is 14.7. The molecule has 3 heterocycles. The molecule has 33 heavy (non-hydrogen) atoms. The standard InChI is InChI=1S/C23H33FN8O/c24-17-13-16(21(26)33)22(31-23(17)30-19-6-2-1-5-18(19)25)29-15-7-8-20(28-14-15)27-9-12-32-10-3-4-11-32/h7-8,13-14,18-19H,1-6,9-12,25H2,(H2,26,33)(H,27,28)(H2,29,30,31). The van der Waals surface area contributed by atoms with Gasteiger partial charge in [0.05, 0.1) is 17.4 Å². The van der Waals surface area contributed by atoms with Gasteiger partial charge in [-0.2, -0.15) is 0 Å².